The van der Waals surface area contributed by atoms with E-state index in [1.165, 1.54) is 64.2 Å². The lowest BCUT2D eigenvalue weighted by Gasteiger charge is -2.27. The van der Waals surface area contributed by atoms with E-state index in [2.05, 4.69) is 18.9 Å². The van der Waals surface area contributed by atoms with Gasteiger partial charge in [-0.2, -0.15) is 0 Å². The van der Waals surface area contributed by atoms with Gasteiger partial charge in [-0.25, -0.2) is 4.59 Å². The van der Waals surface area contributed by atoms with Crippen LogP contribution in [-0.4, -0.2) is 42.3 Å². The van der Waals surface area contributed by atoms with Crippen molar-refractivity contribution in [3.63, 3.8) is 0 Å². The van der Waals surface area contributed by atoms with Gasteiger partial charge in [-0.1, -0.05) is 90.9 Å². The van der Waals surface area contributed by atoms with Gasteiger partial charge in [-0.3, -0.25) is 0 Å². The lowest BCUT2D eigenvalue weighted by atomic mass is 10.1. The van der Waals surface area contributed by atoms with E-state index in [0.29, 0.717) is 13.0 Å². The van der Waals surface area contributed by atoms with Crippen LogP contribution in [0.4, 0.5) is 0 Å². The first-order valence-electron chi connectivity index (χ1n) is 11.2. The summed E-state index contributed by atoms with van der Waals surface area (Å²) in [5.74, 6) is -0.0175. The molecule has 156 valence electrons. The minimum absolute atomic E-state index is 0.0175. The third-order valence-corrected chi connectivity index (χ3v) is 4.92. The molecule has 1 unspecified atom stereocenters. The second kappa shape index (κ2) is 16.6. The molecule has 0 aliphatic rings. The molecular formula is C22H46N2O2. The minimum atomic E-state index is -0.369. The Bertz CT molecular complexity index is 343. The van der Waals surface area contributed by atoms with Gasteiger partial charge in [0.15, 0.2) is 0 Å². The first-order valence-corrected chi connectivity index (χ1v) is 11.2. The maximum Gasteiger partial charge on any atom is 0.129 e. The van der Waals surface area contributed by atoms with Crippen molar-refractivity contribution < 1.29 is 14.8 Å². The summed E-state index contributed by atoms with van der Waals surface area (Å²) in [4.78, 5) is 0. The number of nitrogens with zero attached hydrogens (tertiary/aromatic N) is 2. The second-order valence-electron chi connectivity index (χ2n) is 8.38. The first kappa shape index (κ1) is 25.4. The Morgan fingerprint density at radius 1 is 0.808 bits per heavy atom. The highest BCUT2D eigenvalue weighted by Gasteiger charge is 2.19. The molecule has 0 aliphatic heterocycles. The van der Waals surface area contributed by atoms with Crippen LogP contribution in [-0.2, 0) is 0 Å². The fraction of sp³-hybridized carbons (Fsp3) is 0.955. The molecule has 4 heteroatoms. The number of aliphatic hydroxyl groups excluding tert-OH is 1. The number of likely N-dealkylation sites (N-methyl/N-ethyl adjacent to an activating group) is 1. The van der Waals surface area contributed by atoms with Crippen LogP contribution >= 0.6 is 0 Å². The van der Waals surface area contributed by atoms with Crippen molar-refractivity contribution in [3.05, 3.63) is 0 Å². The number of hydrogen-bond acceptors (Lipinski definition) is 3. The van der Waals surface area contributed by atoms with Crippen LogP contribution in [0.15, 0.2) is 5.10 Å². The van der Waals surface area contributed by atoms with Gasteiger partial charge in [0.05, 0.1) is 14.1 Å². The SMILES string of the molecule is CCCCCCCCCCC/C([O-])=N/[N+](C)(C)CC(O)CCCCCC. The lowest BCUT2D eigenvalue weighted by molar-refractivity contribution is -0.901. The molecule has 0 aromatic heterocycles. The zero-order valence-electron chi connectivity index (χ0n) is 18.1. The third-order valence-electron chi connectivity index (χ3n) is 4.92. The number of aliphatic hydroxyl groups is 1. The van der Waals surface area contributed by atoms with Gasteiger partial charge >= 0.3 is 0 Å². The molecule has 4 nitrogen and oxygen atoms in total. The molecule has 0 fully saturated rings. The Morgan fingerprint density at radius 2 is 1.27 bits per heavy atom. The van der Waals surface area contributed by atoms with Crippen molar-refractivity contribution in [2.24, 2.45) is 5.10 Å². The Morgan fingerprint density at radius 3 is 1.81 bits per heavy atom. The molecule has 0 spiro atoms. The normalized spacial score (nSPS) is 14.0. The van der Waals surface area contributed by atoms with E-state index >= 15 is 0 Å². The lowest BCUT2D eigenvalue weighted by Crippen LogP contribution is -2.42. The Balaban J connectivity index is 3.82. The summed E-state index contributed by atoms with van der Waals surface area (Å²) in [5.41, 5.74) is 0. The van der Waals surface area contributed by atoms with Crippen LogP contribution in [0.5, 0.6) is 0 Å². The molecule has 0 saturated heterocycles. The molecule has 0 radical (unpaired) electrons. The predicted octanol–water partition coefficient (Wildman–Crippen LogP) is 4.99. The summed E-state index contributed by atoms with van der Waals surface area (Å²) in [6.07, 6.45) is 17.0. The standard InChI is InChI=1S/C22H46N2O2/c1-5-7-9-11-12-13-14-15-17-19-22(26)23-24(3,4)20-21(25)18-16-10-8-6-2/h21,25H,5-20H2,1-4H3. The van der Waals surface area contributed by atoms with Crippen molar-refractivity contribution in [2.45, 2.75) is 116 Å². The van der Waals surface area contributed by atoms with E-state index in [4.69, 9.17) is 0 Å². The van der Waals surface area contributed by atoms with Gasteiger partial charge in [0.1, 0.15) is 12.6 Å². The number of quaternary nitrogens is 1. The number of hydrogen-bond donors (Lipinski definition) is 1. The van der Waals surface area contributed by atoms with E-state index in [1.54, 1.807) is 0 Å². The molecule has 0 rings (SSSR count). The molecule has 1 atom stereocenters. The van der Waals surface area contributed by atoms with Crippen molar-refractivity contribution >= 4 is 5.90 Å². The van der Waals surface area contributed by atoms with Gasteiger partial charge < -0.3 is 10.2 Å². The highest BCUT2D eigenvalue weighted by Crippen LogP contribution is 2.12. The summed E-state index contributed by atoms with van der Waals surface area (Å²) in [6, 6.07) is 0. The quantitative estimate of drug-likeness (QED) is 0.121. The fourth-order valence-electron chi connectivity index (χ4n) is 3.39. The van der Waals surface area contributed by atoms with Crippen LogP contribution in [0.3, 0.4) is 0 Å². The molecule has 0 aromatic rings. The molecule has 1 N–H and O–H groups in total. The zero-order chi connectivity index (χ0) is 19.7. The first-order chi connectivity index (χ1) is 12.4. The summed E-state index contributed by atoms with van der Waals surface area (Å²) < 4.78 is 0.241. The van der Waals surface area contributed by atoms with E-state index < -0.39 is 0 Å². The molecule has 0 bridgehead atoms. The highest BCUT2D eigenvalue weighted by molar-refractivity contribution is 5.70. The second-order valence-corrected chi connectivity index (χ2v) is 8.38. The number of rotatable bonds is 18. The van der Waals surface area contributed by atoms with Crippen molar-refractivity contribution in [3.8, 4) is 0 Å². The van der Waals surface area contributed by atoms with Crippen LogP contribution in [0.2, 0.25) is 0 Å². The summed E-state index contributed by atoms with van der Waals surface area (Å²) in [6.45, 7) is 4.96. The van der Waals surface area contributed by atoms with E-state index in [-0.39, 0.29) is 16.6 Å². The van der Waals surface area contributed by atoms with Crippen LogP contribution in [0.1, 0.15) is 110 Å². The fourth-order valence-corrected chi connectivity index (χ4v) is 3.39. The van der Waals surface area contributed by atoms with Gasteiger partial charge in [-0.05, 0) is 19.3 Å². The Hall–Kier alpha value is -0.610. The van der Waals surface area contributed by atoms with E-state index in [0.717, 1.165) is 25.7 Å². The smallest absolute Gasteiger partial charge is 0.129 e. The molecule has 26 heavy (non-hydrogen) atoms. The van der Waals surface area contributed by atoms with Crippen LogP contribution in [0.25, 0.3) is 0 Å². The average Bonchev–Trinajstić information content (AvgIpc) is 2.56. The minimum Gasteiger partial charge on any atom is -0.858 e. The molecular weight excluding hydrogens is 324 g/mol. The molecule has 0 heterocycles. The summed E-state index contributed by atoms with van der Waals surface area (Å²) in [5, 5.41) is 26.5. The van der Waals surface area contributed by atoms with Gasteiger partial charge in [0, 0.05) is 5.90 Å². The van der Waals surface area contributed by atoms with Crippen LogP contribution < -0.4 is 5.11 Å². The average molecular weight is 371 g/mol. The summed E-state index contributed by atoms with van der Waals surface area (Å²) in [7, 11) is 3.81. The van der Waals surface area contributed by atoms with Crippen molar-refractivity contribution in [1.82, 2.24) is 0 Å². The zero-order valence-corrected chi connectivity index (χ0v) is 18.1. The van der Waals surface area contributed by atoms with Crippen molar-refractivity contribution in [1.29, 1.82) is 0 Å². The van der Waals surface area contributed by atoms with E-state index in [9.17, 15) is 10.2 Å². The monoisotopic (exact) mass is 370 g/mol. The van der Waals surface area contributed by atoms with Crippen molar-refractivity contribution in [2.75, 3.05) is 20.6 Å². The molecule has 0 amide bonds. The van der Waals surface area contributed by atoms with E-state index in [1.807, 2.05) is 14.1 Å². The maximum absolute atomic E-state index is 12.1. The summed E-state index contributed by atoms with van der Waals surface area (Å²) >= 11 is 0. The third kappa shape index (κ3) is 16.8. The van der Waals surface area contributed by atoms with Gasteiger partial charge in [-0.15, -0.1) is 5.10 Å². The Kier molecular flexibility index (Phi) is 16.2. The Labute approximate surface area is 163 Å². The van der Waals surface area contributed by atoms with Gasteiger partial charge in [0.2, 0.25) is 0 Å². The predicted molar refractivity (Wildman–Crippen MR) is 111 cm³/mol. The van der Waals surface area contributed by atoms with Gasteiger partial charge in [0.25, 0.3) is 0 Å². The van der Waals surface area contributed by atoms with Crippen LogP contribution in [0, 0.1) is 0 Å². The topological polar surface area (TPSA) is 55.7 Å². The molecule has 0 saturated carbocycles. The largest absolute Gasteiger partial charge is 0.858 e. The highest BCUT2D eigenvalue weighted by atomic mass is 16.3. The number of unbranched alkanes of at least 4 members (excludes halogenated alkanes) is 11. The molecule has 0 aliphatic carbocycles. The molecule has 0 aromatic carbocycles. The maximum atomic E-state index is 12.1.